The van der Waals surface area contributed by atoms with Gasteiger partial charge >= 0.3 is 0 Å². The number of imidazole rings is 1. The Labute approximate surface area is 161 Å². The highest BCUT2D eigenvalue weighted by Gasteiger charge is 2.31. The van der Waals surface area contributed by atoms with E-state index >= 15 is 0 Å². The lowest BCUT2D eigenvalue weighted by Gasteiger charge is -2.32. The predicted molar refractivity (Wildman–Crippen MR) is 102 cm³/mol. The van der Waals surface area contributed by atoms with Gasteiger partial charge < -0.3 is 4.90 Å². The van der Waals surface area contributed by atoms with Crippen molar-refractivity contribution in [2.24, 2.45) is 5.92 Å². The lowest BCUT2D eigenvalue weighted by atomic mass is 9.90. The number of benzene rings is 1. The second-order valence-corrected chi connectivity index (χ2v) is 7.23. The van der Waals surface area contributed by atoms with Crippen LogP contribution in [-0.2, 0) is 0 Å². The fourth-order valence-electron chi connectivity index (χ4n) is 3.63. The molecule has 1 amide bonds. The van der Waals surface area contributed by atoms with Crippen LogP contribution < -0.4 is 0 Å². The summed E-state index contributed by atoms with van der Waals surface area (Å²) in [4.78, 5) is 36.3. The van der Waals surface area contributed by atoms with Crippen molar-refractivity contribution >= 4 is 29.1 Å². The van der Waals surface area contributed by atoms with Crippen molar-refractivity contribution in [3.8, 4) is 0 Å². The van der Waals surface area contributed by atoms with Crippen molar-refractivity contribution in [2.75, 3.05) is 13.1 Å². The first kappa shape index (κ1) is 17.7. The fourth-order valence-corrected chi connectivity index (χ4v) is 3.76. The van der Waals surface area contributed by atoms with Gasteiger partial charge in [0.1, 0.15) is 5.69 Å². The number of piperidine rings is 1. The lowest BCUT2D eigenvalue weighted by molar-refractivity contribution is 0.0630. The zero-order valence-corrected chi connectivity index (χ0v) is 15.7. The smallest absolute Gasteiger partial charge is 0.272 e. The van der Waals surface area contributed by atoms with Crippen LogP contribution in [0.2, 0.25) is 5.02 Å². The summed E-state index contributed by atoms with van der Waals surface area (Å²) in [6.45, 7) is 2.85. The maximum Gasteiger partial charge on any atom is 0.272 e. The molecule has 3 heterocycles. The van der Waals surface area contributed by atoms with Gasteiger partial charge in [-0.25, -0.2) is 9.97 Å². The molecule has 27 heavy (non-hydrogen) atoms. The van der Waals surface area contributed by atoms with Crippen LogP contribution in [-0.4, -0.2) is 44.0 Å². The molecule has 1 aliphatic heterocycles. The number of carbonyl (C=O) groups excluding carboxylic acids is 2. The quantitative estimate of drug-likeness (QED) is 0.651. The average molecular weight is 383 g/mol. The molecule has 1 fully saturated rings. The SMILES string of the molecule is Cc1nc2ncccn2c1C(=O)N1CCCC(C(=O)c2ccc(Cl)cc2)C1. The normalized spacial score (nSPS) is 17.3. The molecule has 138 valence electrons. The third-order valence-electron chi connectivity index (χ3n) is 4.99. The minimum absolute atomic E-state index is 0.0562. The van der Waals surface area contributed by atoms with Crippen LogP contribution in [0.1, 0.15) is 39.4 Å². The Hall–Kier alpha value is -2.73. The van der Waals surface area contributed by atoms with Gasteiger partial charge in [-0.05, 0) is 50.1 Å². The number of nitrogens with zero attached hydrogens (tertiary/aromatic N) is 4. The van der Waals surface area contributed by atoms with E-state index in [0.29, 0.717) is 40.8 Å². The minimum atomic E-state index is -0.207. The molecule has 1 aromatic carbocycles. The largest absolute Gasteiger partial charge is 0.337 e. The number of halogens is 1. The van der Waals surface area contributed by atoms with E-state index in [1.54, 1.807) is 52.0 Å². The van der Waals surface area contributed by atoms with Crippen molar-refractivity contribution in [1.82, 2.24) is 19.3 Å². The summed E-state index contributed by atoms with van der Waals surface area (Å²) in [5.74, 6) is 0.243. The van der Waals surface area contributed by atoms with Gasteiger partial charge in [0.2, 0.25) is 5.78 Å². The van der Waals surface area contributed by atoms with E-state index in [0.717, 1.165) is 12.8 Å². The molecule has 4 rings (SSSR count). The van der Waals surface area contributed by atoms with Crippen LogP contribution in [0.4, 0.5) is 0 Å². The maximum atomic E-state index is 13.2. The van der Waals surface area contributed by atoms with E-state index < -0.39 is 0 Å². The highest BCUT2D eigenvalue weighted by molar-refractivity contribution is 6.30. The fraction of sp³-hybridized carbons (Fsp3) is 0.300. The van der Waals surface area contributed by atoms with Gasteiger partial charge in [-0.2, -0.15) is 0 Å². The van der Waals surface area contributed by atoms with Gasteiger partial charge in [-0.1, -0.05) is 11.6 Å². The Morgan fingerprint density at radius 1 is 1.22 bits per heavy atom. The summed E-state index contributed by atoms with van der Waals surface area (Å²) >= 11 is 5.91. The number of aromatic nitrogens is 3. The van der Waals surface area contributed by atoms with E-state index in [4.69, 9.17) is 11.6 Å². The molecule has 1 saturated heterocycles. The first-order valence-corrected chi connectivity index (χ1v) is 9.31. The highest BCUT2D eigenvalue weighted by atomic mass is 35.5. The van der Waals surface area contributed by atoms with E-state index in [1.807, 2.05) is 6.92 Å². The molecular weight excluding hydrogens is 364 g/mol. The molecule has 1 atom stereocenters. The summed E-state index contributed by atoms with van der Waals surface area (Å²) in [6.07, 6.45) is 5.01. The number of likely N-dealkylation sites (tertiary alicyclic amines) is 1. The van der Waals surface area contributed by atoms with Crippen LogP contribution in [0.3, 0.4) is 0 Å². The molecule has 0 radical (unpaired) electrons. The van der Waals surface area contributed by atoms with E-state index in [1.165, 1.54) is 0 Å². The Bertz CT molecular complexity index is 1010. The van der Waals surface area contributed by atoms with Crippen molar-refractivity contribution in [3.05, 3.63) is 64.7 Å². The number of carbonyl (C=O) groups is 2. The molecule has 2 aromatic heterocycles. The topological polar surface area (TPSA) is 67.6 Å². The summed E-state index contributed by atoms with van der Waals surface area (Å²) in [6, 6.07) is 8.69. The maximum absolute atomic E-state index is 13.2. The second kappa shape index (κ2) is 7.12. The van der Waals surface area contributed by atoms with Crippen molar-refractivity contribution in [2.45, 2.75) is 19.8 Å². The van der Waals surface area contributed by atoms with Gasteiger partial charge in [-0.3, -0.25) is 14.0 Å². The molecule has 1 unspecified atom stereocenters. The van der Waals surface area contributed by atoms with E-state index in [-0.39, 0.29) is 17.6 Å². The Kier molecular flexibility index (Phi) is 4.66. The van der Waals surface area contributed by atoms with Crippen LogP contribution in [0, 0.1) is 12.8 Å². The second-order valence-electron chi connectivity index (χ2n) is 6.80. The molecular formula is C20H19ClN4O2. The number of hydrogen-bond donors (Lipinski definition) is 0. The Morgan fingerprint density at radius 2 is 2.00 bits per heavy atom. The molecule has 1 aliphatic rings. The first-order chi connectivity index (χ1) is 13.0. The molecule has 3 aromatic rings. The third-order valence-corrected chi connectivity index (χ3v) is 5.24. The third kappa shape index (κ3) is 3.32. The minimum Gasteiger partial charge on any atom is -0.337 e. The van der Waals surface area contributed by atoms with Gasteiger partial charge in [0.05, 0.1) is 5.69 Å². The Balaban J connectivity index is 1.57. The zero-order chi connectivity index (χ0) is 19.0. The molecule has 0 spiro atoms. The molecule has 7 heteroatoms. The zero-order valence-electron chi connectivity index (χ0n) is 14.9. The number of rotatable bonds is 3. The number of hydrogen-bond acceptors (Lipinski definition) is 4. The standard InChI is InChI=1S/C20H19ClN4O2/c1-13-17(25-11-3-9-22-20(25)23-13)19(27)24-10-2-4-15(12-24)18(26)14-5-7-16(21)8-6-14/h3,5-9,11,15H,2,4,10,12H2,1H3. The molecule has 0 aliphatic carbocycles. The number of aryl methyl sites for hydroxylation is 1. The summed E-state index contributed by atoms with van der Waals surface area (Å²) in [5, 5.41) is 0.601. The van der Waals surface area contributed by atoms with Crippen LogP contribution in [0.5, 0.6) is 0 Å². The summed E-state index contributed by atoms with van der Waals surface area (Å²) in [7, 11) is 0. The summed E-state index contributed by atoms with van der Waals surface area (Å²) in [5.41, 5.74) is 1.79. The predicted octanol–water partition coefficient (Wildman–Crippen LogP) is 3.43. The van der Waals surface area contributed by atoms with Crippen LogP contribution in [0.25, 0.3) is 5.78 Å². The van der Waals surface area contributed by atoms with Gasteiger partial charge in [0, 0.05) is 42.0 Å². The number of fused-ring (bicyclic) bond motifs is 1. The molecule has 0 N–H and O–H groups in total. The molecule has 6 nitrogen and oxygen atoms in total. The number of ketones is 1. The van der Waals surface area contributed by atoms with Gasteiger partial charge in [0.25, 0.3) is 5.91 Å². The van der Waals surface area contributed by atoms with Gasteiger partial charge in [0.15, 0.2) is 5.78 Å². The highest BCUT2D eigenvalue weighted by Crippen LogP contribution is 2.24. The van der Waals surface area contributed by atoms with Gasteiger partial charge in [-0.15, -0.1) is 0 Å². The van der Waals surface area contributed by atoms with Crippen molar-refractivity contribution < 1.29 is 9.59 Å². The number of Topliss-reactive ketones (excluding diaryl/α,β-unsaturated/α-hetero) is 1. The summed E-state index contributed by atoms with van der Waals surface area (Å²) < 4.78 is 1.71. The van der Waals surface area contributed by atoms with Crippen LogP contribution >= 0.6 is 11.6 Å². The first-order valence-electron chi connectivity index (χ1n) is 8.93. The number of amides is 1. The monoisotopic (exact) mass is 382 g/mol. The molecule has 0 saturated carbocycles. The van der Waals surface area contributed by atoms with Crippen LogP contribution in [0.15, 0.2) is 42.7 Å². The van der Waals surface area contributed by atoms with E-state index in [2.05, 4.69) is 9.97 Å². The van der Waals surface area contributed by atoms with Crippen molar-refractivity contribution in [1.29, 1.82) is 0 Å². The lowest BCUT2D eigenvalue weighted by Crippen LogP contribution is -2.43. The Morgan fingerprint density at radius 3 is 2.78 bits per heavy atom. The van der Waals surface area contributed by atoms with Crippen molar-refractivity contribution in [3.63, 3.8) is 0 Å². The van der Waals surface area contributed by atoms with E-state index in [9.17, 15) is 9.59 Å². The molecule has 0 bridgehead atoms. The average Bonchev–Trinajstić information content (AvgIpc) is 3.03.